The Kier molecular flexibility index (Phi) is 2.73. The number of amides is 1. The van der Waals surface area contributed by atoms with E-state index in [2.05, 4.69) is 10.6 Å². The average Bonchev–Trinajstić information content (AvgIpc) is 2.95. The van der Waals surface area contributed by atoms with Crippen molar-refractivity contribution in [2.24, 2.45) is 5.41 Å². The summed E-state index contributed by atoms with van der Waals surface area (Å²) in [6.07, 6.45) is 2.77. The molecule has 2 saturated carbocycles. The Morgan fingerprint density at radius 2 is 2.13 bits per heavy atom. The van der Waals surface area contributed by atoms with Crippen LogP contribution in [0.25, 0.3) is 0 Å². The molecule has 4 nitrogen and oxygen atoms in total. The molecule has 2 aliphatic carbocycles. The van der Waals surface area contributed by atoms with Crippen LogP contribution in [0.2, 0.25) is 0 Å². The van der Waals surface area contributed by atoms with Crippen molar-refractivity contribution in [3.63, 3.8) is 0 Å². The topological polar surface area (TPSA) is 61.4 Å². The van der Waals surface area contributed by atoms with Crippen LogP contribution in [0.3, 0.4) is 0 Å². The lowest BCUT2D eigenvalue weighted by atomic mass is 9.64. The number of hydrogen-bond donors (Lipinski definition) is 3. The molecule has 15 heavy (non-hydrogen) atoms. The van der Waals surface area contributed by atoms with Crippen molar-refractivity contribution in [3.05, 3.63) is 0 Å². The van der Waals surface area contributed by atoms with Gasteiger partial charge in [-0.15, -0.1) is 0 Å². The summed E-state index contributed by atoms with van der Waals surface area (Å²) in [4.78, 5) is 11.4. The van der Waals surface area contributed by atoms with Gasteiger partial charge in [0.2, 0.25) is 5.91 Å². The van der Waals surface area contributed by atoms with Gasteiger partial charge in [-0.05, 0) is 19.3 Å². The van der Waals surface area contributed by atoms with E-state index < -0.39 is 0 Å². The van der Waals surface area contributed by atoms with Gasteiger partial charge in [-0.2, -0.15) is 0 Å². The Balaban J connectivity index is 1.67. The number of hydrogen-bond acceptors (Lipinski definition) is 3. The van der Waals surface area contributed by atoms with Crippen LogP contribution in [0.1, 0.15) is 33.1 Å². The van der Waals surface area contributed by atoms with E-state index in [0.717, 1.165) is 19.3 Å². The molecule has 2 unspecified atom stereocenters. The molecule has 0 aromatic rings. The molecule has 0 aliphatic heterocycles. The summed E-state index contributed by atoms with van der Waals surface area (Å²) >= 11 is 0. The zero-order chi connectivity index (χ0) is 11.1. The number of aliphatic hydroxyl groups excluding tert-OH is 1. The van der Waals surface area contributed by atoms with Crippen molar-refractivity contribution in [3.8, 4) is 0 Å². The van der Waals surface area contributed by atoms with Crippen molar-refractivity contribution < 1.29 is 9.90 Å². The van der Waals surface area contributed by atoms with E-state index >= 15 is 0 Å². The first-order valence-corrected chi connectivity index (χ1v) is 5.71. The first-order chi connectivity index (χ1) is 7.00. The maximum Gasteiger partial charge on any atom is 0.234 e. The molecule has 86 valence electrons. The molecule has 3 N–H and O–H groups in total. The summed E-state index contributed by atoms with van der Waals surface area (Å²) in [5.74, 6) is 0.0784. The fraction of sp³-hybridized carbons (Fsp3) is 0.909. The lowest BCUT2D eigenvalue weighted by molar-refractivity contribution is -0.122. The molecule has 0 aromatic carbocycles. The summed E-state index contributed by atoms with van der Waals surface area (Å²) in [7, 11) is 0. The third kappa shape index (κ3) is 2.32. The van der Waals surface area contributed by atoms with Gasteiger partial charge in [0, 0.05) is 17.5 Å². The van der Waals surface area contributed by atoms with Gasteiger partial charge in [-0.25, -0.2) is 0 Å². The quantitative estimate of drug-likeness (QED) is 0.615. The van der Waals surface area contributed by atoms with Gasteiger partial charge >= 0.3 is 0 Å². The molecular formula is C11H20N2O2. The van der Waals surface area contributed by atoms with Crippen LogP contribution < -0.4 is 10.6 Å². The van der Waals surface area contributed by atoms with E-state index in [-0.39, 0.29) is 23.5 Å². The minimum absolute atomic E-state index is 0.0784. The van der Waals surface area contributed by atoms with Crippen LogP contribution in [0.4, 0.5) is 0 Å². The van der Waals surface area contributed by atoms with Crippen LogP contribution in [0.5, 0.6) is 0 Å². The Bertz CT molecular complexity index is 261. The minimum atomic E-state index is -0.235. The lowest BCUT2D eigenvalue weighted by Gasteiger charge is -2.49. The second-order valence-electron chi connectivity index (χ2n) is 5.35. The van der Waals surface area contributed by atoms with Gasteiger partial charge in [0.05, 0.1) is 12.6 Å². The highest BCUT2D eigenvalue weighted by Crippen LogP contribution is 2.40. The molecule has 0 saturated heterocycles. The van der Waals surface area contributed by atoms with E-state index in [1.165, 1.54) is 0 Å². The zero-order valence-corrected chi connectivity index (χ0v) is 9.42. The number of carbonyl (C=O) groups is 1. The van der Waals surface area contributed by atoms with Crippen LogP contribution >= 0.6 is 0 Å². The smallest absolute Gasteiger partial charge is 0.234 e. The Morgan fingerprint density at radius 3 is 2.60 bits per heavy atom. The molecule has 0 radical (unpaired) electrons. The fourth-order valence-electron chi connectivity index (χ4n) is 1.97. The molecule has 0 bridgehead atoms. The second kappa shape index (κ2) is 3.76. The van der Waals surface area contributed by atoms with Gasteiger partial charge in [0.15, 0.2) is 0 Å². The highest BCUT2D eigenvalue weighted by Gasteiger charge is 2.47. The fourth-order valence-corrected chi connectivity index (χ4v) is 1.97. The molecule has 1 amide bonds. The molecule has 2 fully saturated rings. The first-order valence-electron chi connectivity index (χ1n) is 5.71. The normalized spacial score (nSPS) is 33.3. The van der Waals surface area contributed by atoms with Gasteiger partial charge in [-0.1, -0.05) is 13.8 Å². The van der Waals surface area contributed by atoms with E-state index in [4.69, 9.17) is 0 Å². The predicted molar refractivity (Wildman–Crippen MR) is 57.4 cm³/mol. The summed E-state index contributed by atoms with van der Waals surface area (Å²) < 4.78 is 0. The summed E-state index contributed by atoms with van der Waals surface area (Å²) in [5.41, 5.74) is -0.0974. The van der Waals surface area contributed by atoms with Crippen molar-refractivity contribution in [2.45, 2.75) is 51.3 Å². The van der Waals surface area contributed by atoms with Crippen LogP contribution in [0.15, 0.2) is 0 Å². The first kappa shape index (κ1) is 10.9. The molecule has 2 aliphatic rings. The van der Waals surface area contributed by atoms with Gasteiger partial charge in [-0.3, -0.25) is 4.79 Å². The van der Waals surface area contributed by atoms with Gasteiger partial charge in [0.25, 0.3) is 0 Å². The predicted octanol–water partition coefficient (Wildman–Crippen LogP) is 0.0140. The molecule has 0 aromatic heterocycles. The van der Waals surface area contributed by atoms with Crippen molar-refractivity contribution in [2.75, 3.05) is 6.54 Å². The van der Waals surface area contributed by atoms with E-state index in [9.17, 15) is 9.90 Å². The number of aliphatic hydroxyl groups is 1. The Morgan fingerprint density at radius 1 is 1.47 bits per heavy atom. The van der Waals surface area contributed by atoms with Gasteiger partial charge < -0.3 is 15.7 Å². The molecule has 2 rings (SSSR count). The summed E-state index contributed by atoms with van der Waals surface area (Å²) in [6, 6.07) is 0.691. The average molecular weight is 212 g/mol. The van der Waals surface area contributed by atoms with E-state index in [0.29, 0.717) is 12.6 Å². The Labute approximate surface area is 90.4 Å². The molecule has 0 spiro atoms. The maximum atomic E-state index is 11.4. The van der Waals surface area contributed by atoms with Gasteiger partial charge in [0.1, 0.15) is 0 Å². The number of nitrogens with one attached hydrogen (secondary N) is 2. The molecular weight excluding hydrogens is 192 g/mol. The van der Waals surface area contributed by atoms with Crippen molar-refractivity contribution in [1.29, 1.82) is 0 Å². The summed E-state index contributed by atoms with van der Waals surface area (Å²) in [6.45, 7) is 4.42. The molecule has 0 heterocycles. The standard InChI is InChI=1S/C11H20N2O2/c1-11(2)8(5-9(11)14)12-6-10(15)13-7-3-4-7/h7-9,12,14H,3-6H2,1-2H3,(H,13,15). The summed E-state index contributed by atoms with van der Waals surface area (Å²) in [5, 5.41) is 15.7. The van der Waals surface area contributed by atoms with Crippen molar-refractivity contribution in [1.82, 2.24) is 10.6 Å². The monoisotopic (exact) mass is 212 g/mol. The highest BCUT2D eigenvalue weighted by atomic mass is 16.3. The molecule has 4 heteroatoms. The minimum Gasteiger partial charge on any atom is -0.392 e. The van der Waals surface area contributed by atoms with Crippen LogP contribution in [0, 0.1) is 5.41 Å². The number of rotatable bonds is 4. The highest BCUT2D eigenvalue weighted by molar-refractivity contribution is 5.78. The Hall–Kier alpha value is -0.610. The van der Waals surface area contributed by atoms with Crippen molar-refractivity contribution >= 4 is 5.91 Å². The molecule has 2 atom stereocenters. The third-order valence-electron chi connectivity index (χ3n) is 3.67. The lowest BCUT2D eigenvalue weighted by Crippen LogP contribution is -2.61. The largest absolute Gasteiger partial charge is 0.392 e. The third-order valence-corrected chi connectivity index (χ3v) is 3.67. The maximum absolute atomic E-state index is 11.4. The second-order valence-corrected chi connectivity index (χ2v) is 5.35. The van der Waals surface area contributed by atoms with E-state index in [1.807, 2.05) is 13.8 Å². The van der Waals surface area contributed by atoms with Crippen LogP contribution in [-0.2, 0) is 4.79 Å². The van der Waals surface area contributed by atoms with E-state index in [1.54, 1.807) is 0 Å². The zero-order valence-electron chi connectivity index (χ0n) is 9.42. The SMILES string of the molecule is CC1(C)C(O)CC1NCC(=O)NC1CC1. The van der Waals surface area contributed by atoms with Crippen LogP contribution in [-0.4, -0.2) is 35.7 Å². The number of carbonyl (C=O) groups excluding carboxylic acids is 1.